The van der Waals surface area contributed by atoms with Gasteiger partial charge in [0.1, 0.15) is 0 Å². The van der Waals surface area contributed by atoms with Crippen molar-refractivity contribution in [3.05, 3.63) is 20.3 Å². The first-order valence-corrected chi connectivity index (χ1v) is 7.43. The Balaban J connectivity index is 1.75. The minimum atomic E-state index is 0.740. The van der Waals surface area contributed by atoms with Gasteiger partial charge in [0.05, 0.1) is 3.79 Å². The molecule has 16 heavy (non-hydrogen) atoms. The molecule has 1 saturated heterocycles. The number of nitrogens with one attached hydrogen (secondary N) is 1. The summed E-state index contributed by atoms with van der Waals surface area (Å²) in [5, 5.41) is 3.56. The first-order chi connectivity index (χ1) is 7.66. The molecule has 1 atom stereocenters. The molecule has 0 amide bonds. The third kappa shape index (κ3) is 3.06. The Morgan fingerprint density at radius 2 is 2.44 bits per heavy atom. The summed E-state index contributed by atoms with van der Waals surface area (Å²) in [4.78, 5) is 3.88. The van der Waals surface area contributed by atoms with Crippen molar-refractivity contribution in [1.29, 1.82) is 0 Å². The van der Waals surface area contributed by atoms with Crippen LogP contribution in [-0.2, 0) is 6.54 Å². The van der Waals surface area contributed by atoms with E-state index in [0.717, 1.165) is 19.1 Å². The molecule has 0 bridgehead atoms. The summed E-state index contributed by atoms with van der Waals surface area (Å²) in [6.45, 7) is 5.53. The third-order valence-corrected chi connectivity index (χ3v) is 5.40. The largest absolute Gasteiger partial charge is 0.310 e. The lowest BCUT2D eigenvalue weighted by molar-refractivity contribution is 0.300. The summed E-state index contributed by atoms with van der Waals surface area (Å²) in [7, 11) is 2.23. The Morgan fingerprint density at radius 1 is 1.62 bits per heavy atom. The molecule has 2 heterocycles. The molecule has 0 saturated carbocycles. The molecule has 1 aromatic heterocycles. The van der Waals surface area contributed by atoms with Gasteiger partial charge in [-0.15, -0.1) is 11.3 Å². The van der Waals surface area contributed by atoms with Crippen LogP contribution < -0.4 is 5.32 Å². The number of thiophene rings is 1. The minimum absolute atomic E-state index is 0.740. The SMILES string of the molecule is Cc1cc(CNCC2CCCN2C)sc1Br. The van der Waals surface area contributed by atoms with E-state index in [1.807, 2.05) is 11.3 Å². The molecule has 2 rings (SSSR count). The zero-order valence-corrected chi connectivity index (χ0v) is 12.3. The Morgan fingerprint density at radius 3 is 3.00 bits per heavy atom. The van der Waals surface area contributed by atoms with Gasteiger partial charge in [0.15, 0.2) is 0 Å². The normalized spacial score (nSPS) is 21.8. The minimum Gasteiger partial charge on any atom is -0.310 e. The number of hydrogen-bond donors (Lipinski definition) is 1. The number of aryl methyl sites for hydroxylation is 1. The average Bonchev–Trinajstić information content (AvgIpc) is 2.76. The summed E-state index contributed by atoms with van der Waals surface area (Å²) in [6.07, 6.45) is 2.70. The van der Waals surface area contributed by atoms with E-state index in [4.69, 9.17) is 0 Å². The summed E-state index contributed by atoms with van der Waals surface area (Å²) >= 11 is 5.40. The molecule has 0 radical (unpaired) electrons. The van der Waals surface area contributed by atoms with Gasteiger partial charge in [0, 0.05) is 24.0 Å². The van der Waals surface area contributed by atoms with Crippen LogP contribution in [0.25, 0.3) is 0 Å². The quantitative estimate of drug-likeness (QED) is 0.920. The molecular formula is C12H19BrN2S. The lowest BCUT2D eigenvalue weighted by Gasteiger charge is -2.19. The highest BCUT2D eigenvalue weighted by atomic mass is 79.9. The second-order valence-corrected chi connectivity index (χ2v) is 7.03. The van der Waals surface area contributed by atoms with Crippen LogP contribution in [-0.4, -0.2) is 31.1 Å². The fourth-order valence-electron chi connectivity index (χ4n) is 2.21. The smallest absolute Gasteiger partial charge is 0.0730 e. The number of rotatable bonds is 4. The maximum Gasteiger partial charge on any atom is 0.0730 e. The van der Waals surface area contributed by atoms with Gasteiger partial charge < -0.3 is 10.2 Å². The summed E-state index contributed by atoms with van der Waals surface area (Å²) in [5.41, 5.74) is 1.35. The van der Waals surface area contributed by atoms with Crippen molar-refractivity contribution in [3.8, 4) is 0 Å². The Kier molecular flexibility index (Phi) is 4.41. The molecule has 1 aliphatic heterocycles. The maximum atomic E-state index is 3.57. The van der Waals surface area contributed by atoms with Gasteiger partial charge in [0.2, 0.25) is 0 Å². The highest BCUT2D eigenvalue weighted by Gasteiger charge is 2.19. The molecular weight excluding hydrogens is 284 g/mol. The maximum absolute atomic E-state index is 3.57. The average molecular weight is 303 g/mol. The molecule has 4 heteroatoms. The van der Waals surface area contributed by atoms with Crippen molar-refractivity contribution < 1.29 is 0 Å². The van der Waals surface area contributed by atoms with Gasteiger partial charge in [-0.25, -0.2) is 0 Å². The van der Waals surface area contributed by atoms with E-state index < -0.39 is 0 Å². The van der Waals surface area contributed by atoms with Gasteiger partial charge in [-0.3, -0.25) is 0 Å². The lowest BCUT2D eigenvalue weighted by atomic mass is 10.2. The van der Waals surface area contributed by atoms with Crippen molar-refractivity contribution in [2.45, 2.75) is 32.4 Å². The van der Waals surface area contributed by atoms with Gasteiger partial charge in [-0.05, 0) is 60.9 Å². The molecule has 0 aromatic carbocycles. The van der Waals surface area contributed by atoms with Crippen LogP contribution in [0.5, 0.6) is 0 Å². The standard InChI is InChI=1S/C12H19BrN2S/c1-9-6-11(16-12(9)13)8-14-7-10-4-3-5-15(10)2/h6,10,14H,3-5,7-8H2,1-2H3. The number of halogens is 1. The molecule has 1 N–H and O–H groups in total. The van der Waals surface area contributed by atoms with Gasteiger partial charge in [-0.1, -0.05) is 0 Å². The second kappa shape index (κ2) is 5.63. The van der Waals surface area contributed by atoms with Crippen molar-refractivity contribution in [3.63, 3.8) is 0 Å². The van der Waals surface area contributed by atoms with Crippen LogP contribution in [0.1, 0.15) is 23.3 Å². The number of hydrogen-bond acceptors (Lipinski definition) is 3. The number of likely N-dealkylation sites (N-methyl/N-ethyl adjacent to an activating group) is 1. The first kappa shape index (κ1) is 12.6. The van der Waals surface area contributed by atoms with Crippen LogP contribution >= 0.6 is 27.3 Å². The first-order valence-electron chi connectivity index (χ1n) is 5.82. The molecule has 1 unspecified atom stereocenters. The van der Waals surface area contributed by atoms with Crippen molar-refractivity contribution in [2.75, 3.05) is 20.1 Å². The van der Waals surface area contributed by atoms with E-state index in [1.54, 1.807) is 0 Å². The van der Waals surface area contributed by atoms with Crippen molar-refractivity contribution >= 4 is 27.3 Å². The third-order valence-electron chi connectivity index (χ3n) is 3.26. The van der Waals surface area contributed by atoms with Crippen molar-refractivity contribution in [1.82, 2.24) is 10.2 Å². The summed E-state index contributed by atoms with van der Waals surface area (Å²) in [6, 6.07) is 3.00. The number of nitrogens with zero attached hydrogens (tertiary/aromatic N) is 1. The molecule has 1 aromatic rings. The number of likely N-dealkylation sites (tertiary alicyclic amines) is 1. The molecule has 0 aliphatic carbocycles. The van der Waals surface area contributed by atoms with Crippen LogP contribution in [0.3, 0.4) is 0 Å². The molecule has 2 nitrogen and oxygen atoms in total. The van der Waals surface area contributed by atoms with Crippen LogP contribution in [0.4, 0.5) is 0 Å². The zero-order chi connectivity index (χ0) is 11.5. The predicted molar refractivity (Wildman–Crippen MR) is 74.1 cm³/mol. The van der Waals surface area contributed by atoms with E-state index >= 15 is 0 Å². The fraction of sp³-hybridized carbons (Fsp3) is 0.667. The monoisotopic (exact) mass is 302 g/mol. The summed E-state index contributed by atoms with van der Waals surface area (Å²) in [5.74, 6) is 0. The van der Waals surface area contributed by atoms with E-state index in [1.165, 1.54) is 33.6 Å². The molecule has 1 aliphatic rings. The van der Waals surface area contributed by atoms with Crippen LogP contribution in [0.2, 0.25) is 0 Å². The highest BCUT2D eigenvalue weighted by molar-refractivity contribution is 9.11. The van der Waals surface area contributed by atoms with E-state index in [9.17, 15) is 0 Å². The molecule has 0 spiro atoms. The highest BCUT2D eigenvalue weighted by Crippen LogP contribution is 2.27. The summed E-state index contributed by atoms with van der Waals surface area (Å²) < 4.78 is 1.27. The van der Waals surface area contributed by atoms with Gasteiger partial charge in [0.25, 0.3) is 0 Å². The molecule has 90 valence electrons. The van der Waals surface area contributed by atoms with E-state index in [0.29, 0.717) is 0 Å². The lowest BCUT2D eigenvalue weighted by Crippen LogP contribution is -2.35. The molecule has 1 fully saturated rings. The Bertz CT molecular complexity index is 331. The fourth-order valence-corrected chi connectivity index (χ4v) is 3.81. The van der Waals surface area contributed by atoms with E-state index in [2.05, 4.69) is 46.2 Å². The topological polar surface area (TPSA) is 15.3 Å². The van der Waals surface area contributed by atoms with E-state index in [-0.39, 0.29) is 0 Å². The zero-order valence-electron chi connectivity index (χ0n) is 9.92. The Labute approximate surface area is 110 Å². The van der Waals surface area contributed by atoms with Gasteiger partial charge >= 0.3 is 0 Å². The Hall–Kier alpha value is 0.100. The van der Waals surface area contributed by atoms with Crippen LogP contribution in [0, 0.1) is 6.92 Å². The second-order valence-electron chi connectivity index (χ2n) is 4.58. The van der Waals surface area contributed by atoms with Crippen LogP contribution in [0.15, 0.2) is 9.85 Å². The van der Waals surface area contributed by atoms with Crippen molar-refractivity contribution in [2.24, 2.45) is 0 Å². The predicted octanol–water partition coefficient (Wildman–Crippen LogP) is 3.00. The van der Waals surface area contributed by atoms with Gasteiger partial charge in [-0.2, -0.15) is 0 Å².